The van der Waals surface area contributed by atoms with Crippen LogP contribution in [0, 0.1) is 6.92 Å². The minimum Gasteiger partial charge on any atom is -0.493 e. The van der Waals surface area contributed by atoms with Gasteiger partial charge in [0.25, 0.3) is 0 Å². The van der Waals surface area contributed by atoms with Crippen molar-refractivity contribution < 1.29 is 19.4 Å². The van der Waals surface area contributed by atoms with Gasteiger partial charge in [-0.1, -0.05) is 49.0 Å². The molecular weight excluding hydrogens is 420 g/mol. The van der Waals surface area contributed by atoms with E-state index in [1.54, 1.807) is 11.8 Å². The predicted molar refractivity (Wildman–Crippen MR) is 129 cm³/mol. The molecule has 0 amide bonds. The van der Waals surface area contributed by atoms with Gasteiger partial charge < -0.3 is 14.6 Å². The second kappa shape index (κ2) is 12.2. The molecule has 0 bridgehead atoms. The summed E-state index contributed by atoms with van der Waals surface area (Å²) in [6.07, 6.45) is 2.44. The van der Waals surface area contributed by atoms with Crippen molar-refractivity contribution in [2.45, 2.75) is 49.3 Å². The van der Waals surface area contributed by atoms with Gasteiger partial charge in [0.15, 0.2) is 0 Å². The van der Waals surface area contributed by atoms with Crippen LogP contribution in [0.5, 0.6) is 11.5 Å². The Morgan fingerprint density at radius 1 is 0.969 bits per heavy atom. The molecule has 0 spiro atoms. The Labute approximate surface area is 194 Å². The maximum atomic E-state index is 10.8. The second-order valence-corrected chi connectivity index (χ2v) is 8.70. The number of carboxylic acids is 1. The topological polar surface area (TPSA) is 55.8 Å². The van der Waals surface area contributed by atoms with Gasteiger partial charge in [0, 0.05) is 17.7 Å². The maximum absolute atomic E-state index is 10.8. The summed E-state index contributed by atoms with van der Waals surface area (Å²) >= 11 is 1.72. The summed E-state index contributed by atoms with van der Waals surface area (Å²) in [4.78, 5) is 13.1. The second-order valence-electron chi connectivity index (χ2n) is 7.58. The molecule has 0 saturated carbocycles. The minimum absolute atomic E-state index is 0.141. The van der Waals surface area contributed by atoms with Crippen LogP contribution in [-0.2, 0) is 17.6 Å². The molecule has 0 aliphatic carbocycles. The van der Waals surface area contributed by atoms with E-state index in [2.05, 4.69) is 37.3 Å². The first-order chi connectivity index (χ1) is 15.5. The van der Waals surface area contributed by atoms with E-state index >= 15 is 0 Å². The van der Waals surface area contributed by atoms with Crippen molar-refractivity contribution in [2.75, 3.05) is 13.2 Å². The fraction of sp³-hybridized carbons (Fsp3) is 0.296. The van der Waals surface area contributed by atoms with E-state index < -0.39 is 5.97 Å². The smallest absolute Gasteiger partial charge is 0.303 e. The summed E-state index contributed by atoms with van der Waals surface area (Å²) < 4.78 is 12.0. The fourth-order valence-corrected chi connectivity index (χ4v) is 4.28. The molecule has 168 valence electrons. The standard InChI is InChI=1S/C27H30O4S/c1-3-21-10-14-25(26(19-21)32-24-8-5-4-6-9-24)31-17-7-16-30-23-13-11-22(20(2)18-23)12-15-27(28)29/h4-6,8-11,13-14,18-19H,3,7,12,15-17H2,1-2H3,(H,28,29). The molecule has 0 aliphatic heterocycles. The molecule has 1 N–H and O–H groups in total. The molecule has 0 radical (unpaired) electrons. The van der Waals surface area contributed by atoms with E-state index in [4.69, 9.17) is 14.6 Å². The van der Waals surface area contributed by atoms with Crippen LogP contribution in [0.15, 0.2) is 76.5 Å². The third-order valence-corrected chi connectivity index (χ3v) is 6.17. The third kappa shape index (κ3) is 7.34. The van der Waals surface area contributed by atoms with Crippen molar-refractivity contribution in [2.24, 2.45) is 0 Å². The summed E-state index contributed by atoms with van der Waals surface area (Å²) in [7, 11) is 0. The van der Waals surface area contributed by atoms with E-state index in [1.807, 2.05) is 43.3 Å². The van der Waals surface area contributed by atoms with Gasteiger partial charge in [0.1, 0.15) is 11.5 Å². The normalized spacial score (nSPS) is 10.7. The quantitative estimate of drug-likeness (QED) is 0.316. The van der Waals surface area contributed by atoms with E-state index in [9.17, 15) is 4.79 Å². The molecule has 0 fully saturated rings. The summed E-state index contributed by atoms with van der Waals surface area (Å²) in [6.45, 7) is 5.27. The lowest BCUT2D eigenvalue weighted by Gasteiger charge is -2.13. The number of rotatable bonds is 12. The molecule has 3 aromatic carbocycles. The largest absolute Gasteiger partial charge is 0.493 e. The fourth-order valence-electron chi connectivity index (χ4n) is 3.30. The Bertz CT molecular complexity index is 1020. The predicted octanol–water partition coefficient (Wildman–Crippen LogP) is 6.57. The maximum Gasteiger partial charge on any atom is 0.303 e. The zero-order valence-corrected chi connectivity index (χ0v) is 19.5. The van der Waals surface area contributed by atoms with Crippen molar-refractivity contribution in [3.8, 4) is 11.5 Å². The van der Waals surface area contributed by atoms with Crippen LogP contribution in [0.4, 0.5) is 0 Å². The van der Waals surface area contributed by atoms with Gasteiger partial charge in [-0.15, -0.1) is 0 Å². The molecule has 0 heterocycles. The number of aryl methyl sites for hydroxylation is 3. The Morgan fingerprint density at radius 2 is 1.75 bits per heavy atom. The molecule has 4 nitrogen and oxygen atoms in total. The van der Waals surface area contributed by atoms with Crippen LogP contribution in [0.1, 0.15) is 36.5 Å². The van der Waals surface area contributed by atoms with Gasteiger partial charge in [-0.05, 0) is 72.9 Å². The number of hydrogen-bond donors (Lipinski definition) is 1. The first-order valence-electron chi connectivity index (χ1n) is 11.0. The van der Waals surface area contributed by atoms with Crippen molar-refractivity contribution in [1.29, 1.82) is 0 Å². The van der Waals surface area contributed by atoms with E-state index in [0.29, 0.717) is 19.6 Å². The average Bonchev–Trinajstić information content (AvgIpc) is 2.79. The Kier molecular flexibility index (Phi) is 9.05. The number of carboxylic acid groups (broad SMARTS) is 1. The van der Waals surface area contributed by atoms with Crippen molar-refractivity contribution in [1.82, 2.24) is 0 Å². The highest BCUT2D eigenvalue weighted by molar-refractivity contribution is 7.99. The molecule has 0 unspecified atom stereocenters. The highest BCUT2D eigenvalue weighted by atomic mass is 32.2. The molecule has 0 saturated heterocycles. The first kappa shape index (κ1) is 23.7. The van der Waals surface area contributed by atoms with Crippen LogP contribution in [-0.4, -0.2) is 24.3 Å². The van der Waals surface area contributed by atoms with Crippen LogP contribution in [0.2, 0.25) is 0 Å². The summed E-state index contributed by atoms with van der Waals surface area (Å²) in [6, 6.07) is 22.5. The number of hydrogen-bond acceptors (Lipinski definition) is 4. The van der Waals surface area contributed by atoms with E-state index in [-0.39, 0.29) is 6.42 Å². The van der Waals surface area contributed by atoms with Crippen LogP contribution >= 0.6 is 11.8 Å². The Hall–Kier alpha value is -2.92. The number of carbonyl (C=O) groups is 1. The van der Waals surface area contributed by atoms with Gasteiger partial charge in [-0.3, -0.25) is 4.79 Å². The van der Waals surface area contributed by atoms with Gasteiger partial charge in [-0.2, -0.15) is 0 Å². The molecule has 32 heavy (non-hydrogen) atoms. The molecular formula is C27H30O4S. The van der Waals surface area contributed by atoms with Gasteiger partial charge in [0.2, 0.25) is 0 Å². The van der Waals surface area contributed by atoms with Gasteiger partial charge in [0.05, 0.1) is 18.1 Å². The minimum atomic E-state index is -0.778. The molecule has 5 heteroatoms. The van der Waals surface area contributed by atoms with Gasteiger partial charge >= 0.3 is 5.97 Å². The van der Waals surface area contributed by atoms with Crippen molar-refractivity contribution >= 4 is 17.7 Å². The monoisotopic (exact) mass is 450 g/mol. The lowest BCUT2D eigenvalue weighted by molar-refractivity contribution is -0.136. The van der Waals surface area contributed by atoms with Crippen LogP contribution < -0.4 is 9.47 Å². The lowest BCUT2D eigenvalue weighted by Crippen LogP contribution is -2.06. The number of aliphatic carboxylic acids is 1. The van der Waals surface area contributed by atoms with Gasteiger partial charge in [-0.25, -0.2) is 0 Å². The first-order valence-corrected chi connectivity index (χ1v) is 11.8. The molecule has 3 rings (SSSR count). The van der Waals surface area contributed by atoms with Crippen LogP contribution in [0.3, 0.4) is 0 Å². The summed E-state index contributed by atoms with van der Waals surface area (Å²) in [5.74, 6) is 0.920. The Balaban J connectivity index is 1.50. The molecule has 3 aromatic rings. The van der Waals surface area contributed by atoms with Crippen molar-refractivity contribution in [3.63, 3.8) is 0 Å². The lowest BCUT2D eigenvalue weighted by atomic mass is 10.0. The van der Waals surface area contributed by atoms with E-state index in [0.717, 1.165) is 40.4 Å². The van der Waals surface area contributed by atoms with Crippen molar-refractivity contribution in [3.05, 3.63) is 83.4 Å². The van der Waals surface area contributed by atoms with E-state index in [1.165, 1.54) is 10.5 Å². The van der Waals surface area contributed by atoms with Crippen LogP contribution in [0.25, 0.3) is 0 Å². The zero-order valence-electron chi connectivity index (χ0n) is 18.7. The number of benzene rings is 3. The molecule has 0 aliphatic rings. The third-order valence-electron chi connectivity index (χ3n) is 5.12. The highest BCUT2D eigenvalue weighted by Gasteiger charge is 2.08. The number of ether oxygens (including phenoxy) is 2. The highest BCUT2D eigenvalue weighted by Crippen LogP contribution is 2.36. The SMILES string of the molecule is CCc1ccc(OCCCOc2ccc(CCC(=O)O)c(C)c2)c(Sc2ccccc2)c1. The summed E-state index contributed by atoms with van der Waals surface area (Å²) in [5, 5.41) is 8.85. The zero-order chi connectivity index (χ0) is 22.8. The Morgan fingerprint density at radius 3 is 2.47 bits per heavy atom. The molecule has 0 aromatic heterocycles. The molecule has 0 atom stereocenters. The average molecular weight is 451 g/mol. The summed E-state index contributed by atoms with van der Waals surface area (Å²) in [5.41, 5.74) is 3.39.